The molecule has 1 saturated heterocycles. The Morgan fingerprint density at radius 1 is 1.16 bits per heavy atom. The van der Waals surface area contributed by atoms with Crippen LogP contribution in [0, 0.1) is 27.8 Å². The van der Waals surface area contributed by atoms with Crippen LogP contribution in [0.25, 0.3) is 0 Å². The molecule has 1 amide bonds. The lowest BCUT2D eigenvalue weighted by atomic mass is 9.88. The summed E-state index contributed by atoms with van der Waals surface area (Å²) >= 11 is 0. The molecule has 2 aromatic carbocycles. The monoisotopic (exact) mass is 441 g/mol. The highest BCUT2D eigenvalue weighted by atomic mass is 19.1. The van der Waals surface area contributed by atoms with Crippen LogP contribution in [-0.2, 0) is 11.3 Å². The highest BCUT2D eigenvalue weighted by Gasteiger charge is 2.37. The van der Waals surface area contributed by atoms with Crippen LogP contribution in [0.1, 0.15) is 44.7 Å². The van der Waals surface area contributed by atoms with Crippen molar-refractivity contribution < 1.29 is 14.1 Å². The molecule has 6 nitrogen and oxygen atoms in total. The van der Waals surface area contributed by atoms with Crippen molar-refractivity contribution in [2.45, 2.75) is 46.2 Å². The predicted molar refractivity (Wildman–Crippen MR) is 123 cm³/mol. The summed E-state index contributed by atoms with van der Waals surface area (Å²) in [4.78, 5) is 28.0. The first-order chi connectivity index (χ1) is 15.2. The minimum atomic E-state index is -0.352. The van der Waals surface area contributed by atoms with E-state index in [-0.39, 0.29) is 46.1 Å². The van der Waals surface area contributed by atoms with E-state index < -0.39 is 0 Å². The molecule has 2 atom stereocenters. The second kappa shape index (κ2) is 10.2. The molecule has 1 fully saturated rings. The Labute approximate surface area is 189 Å². The van der Waals surface area contributed by atoms with Gasteiger partial charge < -0.3 is 4.90 Å². The molecule has 0 saturated carbocycles. The first-order valence-corrected chi connectivity index (χ1v) is 11.2. The Morgan fingerprint density at radius 2 is 1.88 bits per heavy atom. The van der Waals surface area contributed by atoms with Gasteiger partial charge in [0, 0.05) is 55.7 Å². The molecule has 0 N–H and O–H groups in total. The largest absolute Gasteiger partial charge is 0.340 e. The summed E-state index contributed by atoms with van der Waals surface area (Å²) in [6, 6.07) is 13.5. The van der Waals surface area contributed by atoms with Gasteiger partial charge in [-0.25, -0.2) is 4.39 Å². The lowest BCUT2D eigenvalue weighted by Crippen LogP contribution is -2.43. The van der Waals surface area contributed by atoms with Crippen LogP contribution in [0.15, 0.2) is 48.5 Å². The zero-order valence-electron chi connectivity index (χ0n) is 19.2. The first-order valence-electron chi connectivity index (χ1n) is 11.2. The molecular weight excluding hydrogens is 409 g/mol. The molecule has 1 aliphatic heterocycles. The van der Waals surface area contributed by atoms with Gasteiger partial charge in [0.2, 0.25) is 5.91 Å². The van der Waals surface area contributed by atoms with Crippen LogP contribution < -0.4 is 0 Å². The molecule has 0 spiro atoms. The number of benzene rings is 2. The number of rotatable bonds is 8. The molecule has 7 heteroatoms. The number of para-hydroxylation sites is 1. The lowest BCUT2D eigenvalue weighted by Gasteiger charge is -2.33. The SMILES string of the molecule is CC(C)C(=O)N(C[C@H]1CN(Cc2ccccc2[N+](=O)[O-])C[C@@H]1c1cccc(F)c1)C(C)C. The summed E-state index contributed by atoms with van der Waals surface area (Å²) < 4.78 is 14.0. The summed E-state index contributed by atoms with van der Waals surface area (Å²) in [5.41, 5.74) is 1.67. The van der Waals surface area contributed by atoms with Crippen LogP contribution in [0.3, 0.4) is 0 Å². The minimum Gasteiger partial charge on any atom is -0.340 e. The van der Waals surface area contributed by atoms with Gasteiger partial charge in [-0.15, -0.1) is 0 Å². The molecular formula is C25H32FN3O3. The molecule has 1 aliphatic rings. The smallest absolute Gasteiger partial charge is 0.273 e. The number of halogens is 1. The Hall–Kier alpha value is -2.80. The fourth-order valence-electron chi connectivity index (χ4n) is 4.59. The summed E-state index contributed by atoms with van der Waals surface area (Å²) in [7, 11) is 0. The van der Waals surface area contributed by atoms with Crippen molar-refractivity contribution in [1.82, 2.24) is 9.80 Å². The first kappa shape index (κ1) is 23.9. The molecule has 2 aromatic rings. The molecule has 0 unspecified atom stereocenters. The number of nitrogens with zero attached hydrogens (tertiary/aromatic N) is 3. The van der Waals surface area contributed by atoms with Gasteiger partial charge in [0.25, 0.3) is 5.69 Å². The zero-order valence-corrected chi connectivity index (χ0v) is 19.2. The van der Waals surface area contributed by atoms with E-state index in [1.54, 1.807) is 24.3 Å². The topological polar surface area (TPSA) is 66.7 Å². The van der Waals surface area contributed by atoms with Crippen molar-refractivity contribution in [1.29, 1.82) is 0 Å². The number of hydrogen-bond acceptors (Lipinski definition) is 4. The fraction of sp³-hybridized carbons (Fsp3) is 0.480. The third-order valence-electron chi connectivity index (χ3n) is 6.21. The van der Waals surface area contributed by atoms with Crippen molar-refractivity contribution in [3.8, 4) is 0 Å². The predicted octanol–water partition coefficient (Wildman–Crippen LogP) is 4.84. The molecule has 0 radical (unpaired) electrons. The highest BCUT2D eigenvalue weighted by molar-refractivity contribution is 5.78. The van der Waals surface area contributed by atoms with Gasteiger partial charge in [0.15, 0.2) is 0 Å². The zero-order chi connectivity index (χ0) is 23.4. The quantitative estimate of drug-likeness (QED) is 0.434. The van der Waals surface area contributed by atoms with Gasteiger partial charge in [0.05, 0.1) is 4.92 Å². The number of amides is 1. The van der Waals surface area contributed by atoms with Gasteiger partial charge >= 0.3 is 0 Å². The second-order valence-electron chi connectivity index (χ2n) is 9.24. The number of nitro groups is 1. The van der Waals surface area contributed by atoms with Crippen molar-refractivity contribution >= 4 is 11.6 Å². The summed E-state index contributed by atoms with van der Waals surface area (Å²) in [5, 5.41) is 11.4. The van der Waals surface area contributed by atoms with Gasteiger partial charge in [-0.2, -0.15) is 0 Å². The van der Waals surface area contributed by atoms with Gasteiger partial charge in [-0.3, -0.25) is 19.8 Å². The molecule has 0 bridgehead atoms. The van der Waals surface area contributed by atoms with Crippen molar-refractivity contribution in [3.05, 3.63) is 75.6 Å². The molecule has 1 heterocycles. The van der Waals surface area contributed by atoms with E-state index in [4.69, 9.17) is 0 Å². The van der Waals surface area contributed by atoms with E-state index in [2.05, 4.69) is 4.90 Å². The molecule has 3 rings (SSSR count). The standard InChI is InChI=1S/C25H32FN3O3/c1-17(2)25(30)28(18(3)4)15-21-14-27(13-20-8-5-6-11-24(20)29(31)32)16-23(21)19-9-7-10-22(26)12-19/h5-12,17-18,21,23H,13-16H2,1-4H3/t21-,23-/m1/s1. The van der Waals surface area contributed by atoms with E-state index in [0.717, 1.165) is 5.56 Å². The maximum atomic E-state index is 14.0. The van der Waals surface area contributed by atoms with Crippen LogP contribution >= 0.6 is 0 Å². The Bertz CT molecular complexity index is 963. The molecule has 0 aromatic heterocycles. The van der Waals surface area contributed by atoms with E-state index in [1.807, 2.05) is 44.7 Å². The fourth-order valence-corrected chi connectivity index (χ4v) is 4.59. The van der Waals surface area contributed by atoms with Crippen molar-refractivity contribution in [2.75, 3.05) is 19.6 Å². The normalized spacial score (nSPS) is 19.0. The number of likely N-dealkylation sites (tertiary alicyclic amines) is 1. The van der Waals surface area contributed by atoms with Crippen LogP contribution in [0.5, 0.6) is 0 Å². The average molecular weight is 442 g/mol. The highest BCUT2D eigenvalue weighted by Crippen LogP contribution is 2.35. The van der Waals surface area contributed by atoms with Crippen molar-refractivity contribution in [3.63, 3.8) is 0 Å². The van der Waals surface area contributed by atoms with Crippen LogP contribution in [-0.4, -0.2) is 46.3 Å². The molecule has 32 heavy (non-hydrogen) atoms. The maximum Gasteiger partial charge on any atom is 0.273 e. The minimum absolute atomic E-state index is 0.0367. The van der Waals surface area contributed by atoms with E-state index >= 15 is 0 Å². The molecule has 172 valence electrons. The summed E-state index contributed by atoms with van der Waals surface area (Å²) in [6.45, 7) is 10.2. The number of carbonyl (C=O) groups is 1. The number of hydrogen-bond donors (Lipinski definition) is 0. The van der Waals surface area contributed by atoms with Gasteiger partial charge in [-0.05, 0) is 37.5 Å². The average Bonchev–Trinajstić information content (AvgIpc) is 3.13. The Morgan fingerprint density at radius 3 is 2.50 bits per heavy atom. The molecule has 0 aliphatic carbocycles. The van der Waals surface area contributed by atoms with E-state index in [0.29, 0.717) is 31.7 Å². The van der Waals surface area contributed by atoms with E-state index in [9.17, 15) is 19.3 Å². The third-order valence-corrected chi connectivity index (χ3v) is 6.21. The van der Waals surface area contributed by atoms with E-state index in [1.165, 1.54) is 12.1 Å². The second-order valence-corrected chi connectivity index (χ2v) is 9.24. The van der Waals surface area contributed by atoms with Crippen molar-refractivity contribution in [2.24, 2.45) is 11.8 Å². The lowest BCUT2D eigenvalue weighted by molar-refractivity contribution is -0.385. The van der Waals surface area contributed by atoms with Crippen LogP contribution in [0.2, 0.25) is 0 Å². The third kappa shape index (κ3) is 5.51. The summed E-state index contributed by atoms with van der Waals surface area (Å²) in [6.07, 6.45) is 0. The maximum absolute atomic E-state index is 14.0. The van der Waals surface area contributed by atoms with Gasteiger partial charge in [-0.1, -0.05) is 44.2 Å². The number of nitro benzene ring substituents is 1. The van der Waals surface area contributed by atoms with Crippen LogP contribution in [0.4, 0.5) is 10.1 Å². The Balaban J connectivity index is 1.88. The Kier molecular flexibility index (Phi) is 7.61. The number of carbonyl (C=O) groups excluding carboxylic acids is 1. The van der Waals surface area contributed by atoms with Gasteiger partial charge in [0.1, 0.15) is 5.82 Å². The summed E-state index contributed by atoms with van der Waals surface area (Å²) in [5.74, 6) is -0.138.